The van der Waals surface area contributed by atoms with E-state index in [0.29, 0.717) is 0 Å². The standard InChI is InChI=1S/C17H27ClN2/c1-4-16(19)17(14-7-5-6-8-15(14)18)20-10-12(2)9-13(3)11-20/h5-8,12-13,16-17H,4,9-11,19H2,1-3H3. The van der Waals surface area contributed by atoms with E-state index in [-0.39, 0.29) is 12.1 Å². The van der Waals surface area contributed by atoms with Crippen LogP contribution in [0, 0.1) is 11.8 Å². The second-order valence-electron chi connectivity index (χ2n) is 6.44. The van der Waals surface area contributed by atoms with Crippen molar-refractivity contribution in [2.24, 2.45) is 17.6 Å². The van der Waals surface area contributed by atoms with Crippen LogP contribution < -0.4 is 5.73 Å². The lowest BCUT2D eigenvalue weighted by molar-refractivity contribution is 0.0811. The van der Waals surface area contributed by atoms with E-state index in [0.717, 1.165) is 36.4 Å². The first-order valence-corrected chi connectivity index (χ1v) is 8.14. The molecule has 1 aromatic rings. The Labute approximate surface area is 128 Å². The summed E-state index contributed by atoms with van der Waals surface area (Å²) in [7, 11) is 0. The number of halogens is 1. The van der Waals surface area contributed by atoms with E-state index in [1.807, 2.05) is 12.1 Å². The van der Waals surface area contributed by atoms with Crippen LogP contribution in [0.2, 0.25) is 5.02 Å². The van der Waals surface area contributed by atoms with E-state index >= 15 is 0 Å². The molecule has 1 aliphatic heterocycles. The largest absolute Gasteiger partial charge is 0.326 e. The summed E-state index contributed by atoms with van der Waals surface area (Å²) in [5.74, 6) is 1.46. The number of hydrogen-bond donors (Lipinski definition) is 1. The van der Waals surface area contributed by atoms with Gasteiger partial charge in [0.05, 0.1) is 6.04 Å². The Kier molecular flexibility index (Phi) is 5.48. The van der Waals surface area contributed by atoms with Gasteiger partial charge in [0.15, 0.2) is 0 Å². The van der Waals surface area contributed by atoms with Crippen molar-refractivity contribution in [2.45, 2.75) is 45.7 Å². The fourth-order valence-electron chi connectivity index (χ4n) is 3.57. The normalized spacial score (nSPS) is 27.2. The molecule has 0 aromatic heterocycles. The Balaban J connectivity index is 2.30. The van der Waals surface area contributed by atoms with E-state index in [4.69, 9.17) is 17.3 Å². The first kappa shape index (κ1) is 15.8. The molecule has 1 heterocycles. The van der Waals surface area contributed by atoms with Crippen LogP contribution >= 0.6 is 11.6 Å². The average Bonchev–Trinajstić information content (AvgIpc) is 2.40. The Morgan fingerprint density at radius 1 is 1.25 bits per heavy atom. The molecule has 1 aliphatic rings. The Morgan fingerprint density at radius 3 is 2.40 bits per heavy atom. The minimum atomic E-state index is 0.132. The zero-order valence-corrected chi connectivity index (χ0v) is 13.6. The van der Waals surface area contributed by atoms with Crippen LogP contribution in [0.1, 0.15) is 45.2 Å². The minimum Gasteiger partial charge on any atom is -0.326 e. The van der Waals surface area contributed by atoms with Crippen molar-refractivity contribution in [3.8, 4) is 0 Å². The second kappa shape index (κ2) is 6.93. The molecule has 0 saturated carbocycles. The highest BCUT2D eigenvalue weighted by molar-refractivity contribution is 6.31. The van der Waals surface area contributed by atoms with Crippen LogP contribution in [0.4, 0.5) is 0 Å². The maximum absolute atomic E-state index is 6.44. The van der Waals surface area contributed by atoms with Gasteiger partial charge in [-0.05, 0) is 36.3 Å². The fraction of sp³-hybridized carbons (Fsp3) is 0.647. The van der Waals surface area contributed by atoms with Crippen molar-refractivity contribution in [3.05, 3.63) is 34.9 Å². The maximum Gasteiger partial charge on any atom is 0.0514 e. The summed E-state index contributed by atoms with van der Waals surface area (Å²) in [4.78, 5) is 2.55. The summed E-state index contributed by atoms with van der Waals surface area (Å²) in [5.41, 5.74) is 7.62. The Bertz CT molecular complexity index is 425. The van der Waals surface area contributed by atoms with Crippen molar-refractivity contribution < 1.29 is 0 Å². The molecule has 0 radical (unpaired) electrons. The number of benzene rings is 1. The van der Waals surface area contributed by atoms with E-state index < -0.39 is 0 Å². The first-order chi connectivity index (χ1) is 9.52. The van der Waals surface area contributed by atoms with Crippen LogP contribution in [0.5, 0.6) is 0 Å². The van der Waals surface area contributed by atoms with Crippen LogP contribution in [-0.4, -0.2) is 24.0 Å². The molecule has 0 aliphatic carbocycles. The zero-order chi connectivity index (χ0) is 14.7. The highest BCUT2D eigenvalue weighted by Gasteiger charge is 2.32. The van der Waals surface area contributed by atoms with Crippen molar-refractivity contribution in [1.29, 1.82) is 0 Å². The van der Waals surface area contributed by atoms with Crippen LogP contribution in [0.15, 0.2) is 24.3 Å². The first-order valence-electron chi connectivity index (χ1n) is 7.77. The molecule has 4 atom stereocenters. The molecule has 0 amide bonds. The lowest BCUT2D eigenvalue weighted by Gasteiger charge is -2.42. The summed E-state index contributed by atoms with van der Waals surface area (Å²) in [6, 6.07) is 8.52. The van der Waals surface area contributed by atoms with Gasteiger partial charge in [-0.15, -0.1) is 0 Å². The molecule has 4 unspecified atom stereocenters. The lowest BCUT2D eigenvalue weighted by Crippen LogP contribution is -2.47. The molecule has 0 spiro atoms. The van der Waals surface area contributed by atoms with Crippen molar-refractivity contribution in [2.75, 3.05) is 13.1 Å². The van der Waals surface area contributed by atoms with Gasteiger partial charge in [0.25, 0.3) is 0 Å². The van der Waals surface area contributed by atoms with Crippen molar-refractivity contribution >= 4 is 11.6 Å². The molecule has 0 bridgehead atoms. The minimum absolute atomic E-state index is 0.132. The molecule has 1 aromatic carbocycles. The van der Waals surface area contributed by atoms with E-state index in [9.17, 15) is 0 Å². The summed E-state index contributed by atoms with van der Waals surface area (Å²) in [5, 5.41) is 0.840. The number of likely N-dealkylation sites (tertiary alicyclic amines) is 1. The molecule has 1 saturated heterocycles. The van der Waals surface area contributed by atoms with Gasteiger partial charge in [-0.3, -0.25) is 4.90 Å². The van der Waals surface area contributed by atoms with E-state index in [1.54, 1.807) is 0 Å². The van der Waals surface area contributed by atoms with Gasteiger partial charge in [0.1, 0.15) is 0 Å². The van der Waals surface area contributed by atoms with Crippen molar-refractivity contribution in [3.63, 3.8) is 0 Å². The smallest absolute Gasteiger partial charge is 0.0514 e. The van der Waals surface area contributed by atoms with Gasteiger partial charge in [-0.2, -0.15) is 0 Å². The topological polar surface area (TPSA) is 29.3 Å². The molecule has 20 heavy (non-hydrogen) atoms. The predicted molar refractivity (Wildman–Crippen MR) is 87.0 cm³/mol. The monoisotopic (exact) mass is 294 g/mol. The van der Waals surface area contributed by atoms with Gasteiger partial charge >= 0.3 is 0 Å². The summed E-state index contributed by atoms with van der Waals surface area (Å²) >= 11 is 6.43. The molecule has 1 fully saturated rings. The molecule has 2 N–H and O–H groups in total. The number of nitrogens with zero attached hydrogens (tertiary/aromatic N) is 1. The van der Waals surface area contributed by atoms with Crippen LogP contribution in [-0.2, 0) is 0 Å². The van der Waals surface area contributed by atoms with Gasteiger partial charge in [-0.1, -0.05) is 50.6 Å². The van der Waals surface area contributed by atoms with Crippen LogP contribution in [0.25, 0.3) is 0 Å². The average molecular weight is 295 g/mol. The molecular formula is C17H27ClN2. The van der Waals surface area contributed by atoms with E-state index in [2.05, 4.69) is 37.8 Å². The third-order valence-electron chi connectivity index (χ3n) is 4.39. The Morgan fingerprint density at radius 2 is 1.85 bits per heavy atom. The van der Waals surface area contributed by atoms with Gasteiger partial charge in [-0.25, -0.2) is 0 Å². The number of rotatable bonds is 4. The van der Waals surface area contributed by atoms with Gasteiger partial charge in [0.2, 0.25) is 0 Å². The highest BCUT2D eigenvalue weighted by atomic mass is 35.5. The summed E-state index contributed by atoms with van der Waals surface area (Å²) in [6.45, 7) is 9.07. The lowest BCUT2D eigenvalue weighted by atomic mass is 9.87. The third kappa shape index (κ3) is 3.55. The Hall–Kier alpha value is -0.570. The fourth-order valence-corrected chi connectivity index (χ4v) is 3.82. The molecule has 2 rings (SSSR count). The van der Waals surface area contributed by atoms with Gasteiger partial charge in [0, 0.05) is 24.2 Å². The SMILES string of the molecule is CCC(N)C(c1ccccc1Cl)N1CC(C)CC(C)C1. The second-order valence-corrected chi connectivity index (χ2v) is 6.85. The predicted octanol–water partition coefficient (Wildman–Crippen LogP) is 4.10. The molecular weight excluding hydrogens is 268 g/mol. The van der Waals surface area contributed by atoms with Crippen molar-refractivity contribution in [1.82, 2.24) is 4.90 Å². The third-order valence-corrected chi connectivity index (χ3v) is 4.74. The molecule has 2 nitrogen and oxygen atoms in total. The van der Waals surface area contributed by atoms with E-state index in [1.165, 1.54) is 12.0 Å². The highest BCUT2D eigenvalue weighted by Crippen LogP contribution is 2.34. The zero-order valence-electron chi connectivity index (χ0n) is 12.8. The van der Waals surface area contributed by atoms with Crippen LogP contribution in [0.3, 0.4) is 0 Å². The molecule has 3 heteroatoms. The maximum atomic E-state index is 6.44. The number of hydrogen-bond acceptors (Lipinski definition) is 2. The number of piperidine rings is 1. The summed E-state index contributed by atoms with van der Waals surface area (Å²) < 4.78 is 0. The quantitative estimate of drug-likeness (QED) is 0.906. The molecule has 112 valence electrons. The number of nitrogens with two attached hydrogens (primary N) is 1. The van der Waals surface area contributed by atoms with Gasteiger partial charge < -0.3 is 5.73 Å². The summed E-state index contributed by atoms with van der Waals surface area (Å²) in [6.07, 6.45) is 2.28.